The van der Waals surface area contributed by atoms with Crippen molar-refractivity contribution < 1.29 is 19.7 Å². The van der Waals surface area contributed by atoms with E-state index in [9.17, 15) is 10.2 Å². The van der Waals surface area contributed by atoms with Gasteiger partial charge in [-0.3, -0.25) is 0 Å². The number of fused-ring (bicyclic) bond motifs is 7. The van der Waals surface area contributed by atoms with Crippen molar-refractivity contribution in [2.45, 2.75) is 5.41 Å². The highest BCUT2D eigenvalue weighted by molar-refractivity contribution is 6.02. The zero-order valence-corrected chi connectivity index (χ0v) is 33.5. The van der Waals surface area contributed by atoms with E-state index in [4.69, 9.17) is 9.47 Å². The zero-order chi connectivity index (χ0) is 40.9. The van der Waals surface area contributed by atoms with Crippen LogP contribution in [0.5, 0.6) is 11.5 Å². The average Bonchev–Trinajstić information content (AvgIpc) is 3.61. The molecule has 0 fully saturated rings. The van der Waals surface area contributed by atoms with E-state index in [-0.39, 0.29) is 26.4 Å². The molecule has 4 nitrogen and oxygen atoms in total. The highest BCUT2D eigenvalue weighted by Gasteiger charge is 2.48. The normalized spacial score (nSPS) is 12.8. The fourth-order valence-electron chi connectivity index (χ4n) is 9.91. The number of hydrogen-bond acceptors (Lipinski definition) is 4. The average molecular weight is 791 g/mol. The molecular weight excluding hydrogens is 749 g/mol. The molecule has 0 heterocycles. The largest absolute Gasteiger partial charge is 0.491 e. The van der Waals surface area contributed by atoms with Crippen LogP contribution in [0.25, 0.3) is 76.5 Å². The lowest BCUT2D eigenvalue weighted by molar-refractivity contribution is 0.203. The standard InChI is InChI=1S/C57H42O4/c58-29-31-60-55-27-25-51(45-13-5-7-15-49(45)55)57(52-26-28-56(61-32-30-59)50-16-8-6-14-46(50)52)53-35-43(41-19-17-37-9-1-3-11-39(37)33-41)21-23-47(53)48-24-22-44(36-54(48)57)42-20-18-38-10-2-4-12-40(38)34-42/h1-28,33-36,58-59H,29-32H2. The Labute approximate surface area is 354 Å². The Balaban J connectivity index is 1.28. The van der Waals surface area contributed by atoms with Gasteiger partial charge in [-0.1, -0.05) is 158 Å². The molecule has 294 valence electrons. The summed E-state index contributed by atoms with van der Waals surface area (Å²) in [6.07, 6.45) is 0. The van der Waals surface area contributed by atoms with Gasteiger partial charge in [-0.15, -0.1) is 0 Å². The van der Waals surface area contributed by atoms with E-state index >= 15 is 0 Å². The van der Waals surface area contributed by atoms with Crippen molar-refractivity contribution in [3.05, 3.63) is 216 Å². The van der Waals surface area contributed by atoms with E-state index in [1.807, 2.05) is 0 Å². The van der Waals surface area contributed by atoms with Crippen LogP contribution in [0.15, 0.2) is 194 Å². The quantitative estimate of drug-likeness (QED) is 0.145. The third-order valence-electron chi connectivity index (χ3n) is 12.6. The molecule has 0 aromatic heterocycles. The summed E-state index contributed by atoms with van der Waals surface area (Å²) in [7, 11) is 0. The van der Waals surface area contributed by atoms with Crippen molar-refractivity contribution in [3.63, 3.8) is 0 Å². The van der Waals surface area contributed by atoms with Gasteiger partial charge in [0.05, 0.1) is 18.6 Å². The minimum atomic E-state index is -0.839. The van der Waals surface area contributed by atoms with Gasteiger partial charge in [0.2, 0.25) is 0 Å². The van der Waals surface area contributed by atoms with Crippen molar-refractivity contribution in [2.75, 3.05) is 26.4 Å². The molecule has 61 heavy (non-hydrogen) atoms. The Kier molecular flexibility index (Phi) is 9.11. The molecule has 0 spiro atoms. The van der Waals surface area contributed by atoms with Gasteiger partial charge in [-0.05, 0) is 124 Å². The van der Waals surface area contributed by atoms with E-state index in [0.717, 1.165) is 66.4 Å². The van der Waals surface area contributed by atoms with Gasteiger partial charge in [-0.25, -0.2) is 0 Å². The van der Waals surface area contributed by atoms with Crippen LogP contribution in [0.1, 0.15) is 22.3 Å². The molecule has 0 saturated carbocycles. The Bertz CT molecular complexity index is 3090. The van der Waals surface area contributed by atoms with E-state index in [2.05, 4.69) is 194 Å². The van der Waals surface area contributed by atoms with Crippen LogP contribution in [-0.4, -0.2) is 36.6 Å². The number of benzene rings is 10. The summed E-state index contributed by atoms with van der Waals surface area (Å²) < 4.78 is 12.4. The van der Waals surface area contributed by atoms with Gasteiger partial charge in [-0.2, -0.15) is 0 Å². The molecule has 11 rings (SSSR count). The Morgan fingerprint density at radius 2 is 0.705 bits per heavy atom. The molecule has 0 saturated heterocycles. The lowest BCUT2D eigenvalue weighted by atomic mass is 9.65. The SMILES string of the molecule is OCCOc1ccc(C2(c3ccc(OCCO)c4ccccc34)c3cc(-c4ccc5ccccc5c4)ccc3-c3ccc(-c4ccc5ccccc5c4)cc32)c2ccccc12. The van der Waals surface area contributed by atoms with E-state index < -0.39 is 5.41 Å². The van der Waals surface area contributed by atoms with Gasteiger partial charge < -0.3 is 19.7 Å². The van der Waals surface area contributed by atoms with Crippen LogP contribution >= 0.6 is 0 Å². The number of rotatable bonds is 10. The van der Waals surface area contributed by atoms with Crippen LogP contribution in [-0.2, 0) is 5.41 Å². The molecule has 4 heteroatoms. The van der Waals surface area contributed by atoms with Gasteiger partial charge >= 0.3 is 0 Å². The molecular formula is C57H42O4. The maximum absolute atomic E-state index is 9.82. The topological polar surface area (TPSA) is 58.9 Å². The van der Waals surface area contributed by atoms with Gasteiger partial charge in [0.25, 0.3) is 0 Å². The third-order valence-corrected chi connectivity index (χ3v) is 12.6. The van der Waals surface area contributed by atoms with Gasteiger partial charge in [0.15, 0.2) is 0 Å². The molecule has 10 aromatic rings. The summed E-state index contributed by atoms with van der Waals surface area (Å²) in [5, 5.41) is 28.5. The molecule has 0 bridgehead atoms. The van der Waals surface area contributed by atoms with Crippen molar-refractivity contribution in [1.82, 2.24) is 0 Å². The predicted molar refractivity (Wildman–Crippen MR) is 250 cm³/mol. The lowest BCUT2D eigenvalue weighted by Gasteiger charge is -2.36. The number of ether oxygens (including phenoxy) is 2. The van der Waals surface area contributed by atoms with Crippen molar-refractivity contribution in [3.8, 4) is 44.9 Å². The number of aliphatic hydroxyl groups excluding tert-OH is 2. The van der Waals surface area contributed by atoms with E-state index in [1.165, 1.54) is 43.8 Å². The van der Waals surface area contributed by atoms with Crippen molar-refractivity contribution in [2.24, 2.45) is 0 Å². The van der Waals surface area contributed by atoms with Crippen molar-refractivity contribution >= 4 is 43.1 Å². The second kappa shape index (κ2) is 15.1. The first-order chi connectivity index (χ1) is 30.1. The molecule has 0 atom stereocenters. The summed E-state index contributed by atoms with van der Waals surface area (Å²) >= 11 is 0. The second-order valence-corrected chi connectivity index (χ2v) is 15.9. The fraction of sp³-hybridized carbons (Fsp3) is 0.0877. The minimum absolute atomic E-state index is 0.0768. The minimum Gasteiger partial charge on any atom is -0.491 e. The molecule has 1 aliphatic rings. The van der Waals surface area contributed by atoms with E-state index in [0.29, 0.717) is 0 Å². The summed E-state index contributed by atoms with van der Waals surface area (Å²) in [4.78, 5) is 0. The number of aliphatic hydroxyl groups is 2. The highest BCUT2D eigenvalue weighted by Crippen LogP contribution is 2.60. The molecule has 0 radical (unpaired) electrons. The van der Waals surface area contributed by atoms with Crippen LogP contribution in [0, 0.1) is 0 Å². The van der Waals surface area contributed by atoms with Crippen LogP contribution in [0.3, 0.4) is 0 Å². The van der Waals surface area contributed by atoms with Crippen LogP contribution in [0.4, 0.5) is 0 Å². The Hall–Kier alpha value is -7.24. The molecule has 10 aromatic carbocycles. The summed E-state index contributed by atoms with van der Waals surface area (Å²) in [5.74, 6) is 1.46. The zero-order valence-electron chi connectivity index (χ0n) is 33.5. The summed E-state index contributed by atoms with van der Waals surface area (Å²) in [5.41, 5.74) is 10.7. The number of hydrogen-bond donors (Lipinski definition) is 2. The third kappa shape index (κ3) is 5.98. The smallest absolute Gasteiger partial charge is 0.127 e. The summed E-state index contributed by atoms with van der Waals surface area (Å²) in [6, 6.07) is 70.2. The van der Waals surface area contributed by atoms with E-state index in [1.54, 1.807) is 0 Å². The highest BCUT2D eigenvalue weighted by atomic mass is 16.5. The first kappa shape index (κ1) is 36.8. The lowest BCUT2D eigenvalue weighted by Crippen LogP contribution is -2.29. The summed E-state index contributed by atoms with van der Waals surface area (Å²) in [6.45, 7) is 0.244. The molecule has 1 aliphatic carbocycles. The Morgan fingerprint density at radius 1 is 0.328 bits per heavy atom. The fourth-order valence-corrected chi connectivity index (χ4v) is 9.91. The first-order valence-corrected chi connectivity index (χ1v) is 21.0. The monoisotopic (exact) mass is 790 g/mol. The maximum atomic E-state index is 9.82. The predicted octanol–water partition coefficient (Wildman–Crippen LogP) is 12.7. The molecule has 0 amide bonds. The van der Waals surface area contributed by atoms with Gasteiger partial charge in [0, 0.05) is 10.8 Å². The molecule has 0 unspecified atom stereocenters. The molecule has 0 aliphatic heterocycles. The molecule has 2 N–H and O–H groups in total. The maximum Gasteiger partial charge on any atom is 0.127 e. The van der Waals surface area contributed by atoms with Gasteiger partial charge in [0.1, 0.15) is 24.7 Å². The van der Waals surface area contributed by atoms with Crippen LogP contribution in [0.2, 0.25) is 0 Å². The van der Waals surface area contributed by atoms with Crippen LogP contribution < -0.4 is 9.47 Å². The first-order valence-electron chi connectivity index (χ1n) is 21.0. The second-order valence-electron chi connectivity index (χ2n) is 15.9. The van der Waals surface area contributed by atoms with Crippen molar-refractivity contribution in [1.29, 1.82) is 0 Å². The Morgan fingerprint density at radius 3 is 1.15 bits per heavy atom.